The summed E-state index contributed by atoms with van der Waals surface area (Å²) >= 11 is 0. The van der Waals surface area contributed by atoms with E-state index >= 15 is 0 Å². The highest BCUT2D eigenvalue weighted by atomic mass is 16.6. The van der Waals surface area contributed by atoms with Crippen molar-refractivity contribution in [2.75, 3.05) is 0 Å². The highest BCUT2D eigenvalue weighted by molar-refractivity contribution is 5.90. The molecule has 0 bridgehead atoms. The maximum absolute atomic E-state index is 11.9. The Morgan fingerprint density at radius 3 is 2.75 bits per heavy atom. The van der Waals surface area contributed by atoms with E-state index in [0.29, 0.717) is 12.2 Å². The molecule has 3 aromatic rings. The third kappa shape index (κ3) is 1.94. The molecular weight excluding hydrogens is 304 g/mol. The number of nitro groups is 1. The van der Waals surface area contributed by atoms with Crippen molar-refractivity contribution in [3.05, 3.63) is 69.3 Å². The van der Waals surface area contributed by atoms with Crippen LogP contribution in [0.2, 0.25) is 0 Å². The average Bonchev–Trinajstić information content (AvgIpc) is 3.15. The molecule has 3 atom stereocenters. The first-order valence-corrected chi connectivity index (χ1v) is 8.24. The zero-order valence-corrected chi connectivity index (χ0v) is 14.0. The van der Waals surface area contributed by atoms with Crippen molar-refractivity contribution >= 4 is 10.9 Å². The highest BCUT2D eigenvalue weighted by Crippen LogP contribution is 2.46. The van der Waals surface area contributed by atoms with Crippen molar-refractivity contribution in [3.8, 4) is 0 Å². The van der Waals surface area contributed by atoms with Gasteiger partial charge in [0, 0.05) is 34.5 Å². The lowest BCUT2D eigenvalue weighted by Gasteiger charge is -2.30. The van der Waals surface area contributed by atoms with Crippen LogP contribution in [-0.2, 0) is 13.5 Å². The summed E-state index contributed by atoms with van der Waals surface area (Å²) in [5.41, 5.74) is 4.54. The van der Waals surface area contributed by atoms with Gasteiger partial charge in [0.05, 0.1) is 6.26 Å². The van der Waals surface area contributed by atoms with E-state index in [9.17, 15) is 10.1 Å². The van der Waals surface area contributed by atoms with E-state index in [-0.39, 0.29) is 16.8 Å². The lowest BCUT2D eigenvalue weighted by atomic mass is 9.74. The minimum Gasteiger partial charge on any atom is -0.468 e. The van der Waals surface area contributed by atoms with Crippen molar-refractivity contribution in [3.63, 3.8) is 0 Å². The van der Waals surface area contributed by atoms with Crippen LogP contribution in [0.4, 0.5) is 0 Å². The third-order valence-corrected chi connectivity index (χ3v) is 5.44. The van der Waals surface area contributed by atoms with Crippen molar-refractivity contribution in [1.82, 2.24) is 4.57 Å². The second-order valence-corrected chi connectivity index (χ2v) is 6.84. The van der Waals surface area contributed by atoms with Gasteiger partial charge in [-0.3, -0.25) is 10.1 Å². The molecule has 0 spiro atoms. The molecule has 5 nitrogen and oxygen atoms in total. The largest absolute Gasteiger partial charge is 0.468 e. The van der Waals surface area contributed by atoms with Crippen LogP contribution < -0.4 is 0 Å². The summed E-state index contributed by atoms with van der Waals surface area (Å²) in [5.74, 6) is 0.282. The second-order valence-electron chi connectivity index (χ2n) is 6.84. The maximum Gasteiger partial charge on any atom is 0.229 e. The van der Waals surface area contributed by atoms with Gasteiger partial charge in [0.25, 0.3) is 0 Å². The highest BCUT2D eigenvalue weighted by Gasteiger charge is 2.47. The number of hydrogen-bond acceptors (Lipinski definition) is 3. The zero-order chi connectivity index (χ0) is 17.0. The minimum atomic E-state index is -0.672. The van der Waals surface area contributed by atoms with Crippen molar-refractivity contribution in [2.24, 2.45) is 13.0 Å². The number of nitrogens with zero attached hydrogens (tertiary/aromatic N) is 2. The van der Waals surface area contributed by atoms with E-state index in [4.69, 9.17) is 4.42 Å². The fourth-order valence-electron chi connectivity index (χ4n) is 4.37. The summed E-state index contributed by atoms with van der Waals surface area (Å²) in [4.78, 5) is 11.7. The van der Waals surface area contributed by atoms with Gasteiger partial charge in [-0.15, -0.1) is 0 Å². The first-order valence-electron chi connectivity index (χ1n) is 8.24. The van der Waals surface area contributed by atoms with E-state index in [1.807, 2.05) is 25.1 Å². The van der Waals surface area contributed by atoms with Gasteiger partial charge < -0.3 is 8.98 Å². The molecule has 24 heavy (non-hydrogen) atoms. The molecule has 0 saturated carbocycles. The van der Waals surface area contributed by atoms with Crippen LogP contribution in [0.15, 0.2) is 41.0 Å². The first-order chi connectivity index (χ1) is 11.5. The second kappa shape index (κ2) is 5.23. The van der Waals surface area contributed by atoms with Crippen LogP contribution in [0.5, 0.6) is 0 Å². The Morgan fingerprint density at radius 1 is 1.29 bits per heavy atom. The minimum absolute atomic E-state index is 0.0501. The van der Waals surface area contributed by atoms with E-state index in [1.165, 1.54) is 5.69 Å². The average molecular weight is 324 g/mol. The molecule has 0 radical (unpaired) electrons. The number of hydrogen-bond donors (Lipinski definition) is 0. The lowest BCUT2D eigenvalue weighted by Crippen LogP contribution is -2.39. The SMILES string of the molecule is Cc1cccc2c1c1c(n2C)C[C@H](C)[C@H]([N+](=O)[O-])[C@@H]1c1ccco1. The molecule has 0 amide bonds. The Kier molecular flexibility index (Phi) is 3.27. The number of benzene rings is 1. The monoisotopic (exact) mass is 324 g/mol. The molecule has 2 heterocycles. The van der Waals surface area contributed by atoms with Crippen LogP contribution in [-0.4, -0.2) is 15.5 Å². The van der Waals surface area contributed by atoms with Crippen LogP contribution in [0.25, 0.3) is 10.9 Å². The van der Waals surface area contributed by atoms with Gasteiger partial charge in [-0.05, 0) is 42.7 Å². The van der Waals surface area contributed by atoms with Gasteiger partial charge >= 0.3 is 0 Å². The number of furan rings is 1. The molecule has 0 saturated heterocycles. The maximum atomic E-state index is 11.9. The molecule has 0 aliphatic heterocycles. The number of aryl methyl sites for hydroxylation is 2. The first kappa shape index (κ1) is 15.0. The quantitative estimate of drug-likeness (QED) is 0.528. The third-order valence-electron chi connectivity index (χ3n) is 5.44. The fraction of sp³-hybridized carbons (Fsp3) is 0.368. The molecule has 2 aromatic heterocycles. The van der Waals surface area contributed by atoms with E-state index in [0.717, 1.165) is 22.0 Å². The number of aromatic nitrogens is 1. The summed E-state index contributed by atoms with van der Waals surface area (Å²) in [5, 5.41) is 13.0. The summed E-state index contributed by atoms with van der Waals surface area (Å²) in [7, 11) is 2.05. The van der Waals surface area contributed by atoms with Crippen molar-refractivity contribution in [1.29, 1.82) is 0 Å². The lowest BCUT2D eigenvalue weighted by molar-refractivity contribution is -0.535. The van der Waals surface area contributed by atoms with Gasteiger partial charge in [0.15, 0.2) is 0 Å². The van der Waals surface area contributed by atoms with Gasteiger partial charge in [-0.25, -0.2) is 0 Å². The van der Waals surface area contributed by atoms with Crippen molar-refractivity contribution < 1.29 is 9.34 Å². The normalized spacial score (nSPS) is 23.4. The molecular formula is C19H20N2O3. The Bertz CT molecular complexity index is 924. The molecule has 5 heteroatoms. The molecule has 0 unspecified atom stereocenters. The molecule has 4 rings (SSSR count). The Balaban J connectivity index is 2.09. The Labute approximate surface area is 140 Å². The van der Waals surface area contributed by atoms with Crippen LogP contribution in [0.1, 0.15) is 35.4 Å². The van der Waals surface area contributed by atoms with Gasteiger partial charge in [0.1, 0.15) is 11.7 Å². The number of rotatable bonds is 2. The zero-order valence-electron chi connectivity index (χ0n) is 14.0. The summed E-state index contributed by atoms with van der Waals surface area (Å²) in [6.45, 7) is 4.04. The standard InChI is InChI=1S/C19H20N2O3/c1-11-6-4-7-13-16(11)17-14(20(13)3)10-12(2)19(21(22)23)18(17)15-8-5-9-24-15/h4-9,12,18-19H,10H2,1-3H3/t12-,18+,19-/m0/s1. The molecule has 0 fully saturated rings. The number of fused-ring (bicyclic) bond motifs is 3. The summed E-state index contributed by atoms with van der Waals surface area (Å²) in [6.07, 6.45) is 2.31. The predicted octanol–water partition coefficient (Wildman–Crippen LogP) is 4.05. The topological polar surface area (TPSA) is 61.2 Å². The van der Waals surface area contributed by atoms with E-state index < -0.39 is 6.04 Å². The van der Waals surface area contributed by atoms with Gasteiger partial charge in [-0.1, -0.05) is 19.1 Å². The van der Waals surface area contributed by atoms with E-state index in [2.05, 4.69) is 30.7 Å². The molecule has 1 aliphatic carbocycles. The fourth-order valence-corrected chi connectivity index (χ4v) is 4.37. The van der Waals surface area contributed by atoms with Crippen molar-refractivity contribution in [2.45, 2.75) is 32.2 Å². The smallest absolute Gasteiger partial charge is 0.229 e. The Morgan fingerprint density at radius 2 is 2.08 bits per heavy atom. The van der Waals surface area contributed by atoms with Crippen LogP contribution in [0.3, 0.4) is 0 Å². The van der Waals surface area contributed by atoms with E-state index in [1.54, 1.807) is 6.26 Å². The van der Waals surface area contributed by atoms with Gasteiger partial charge in [-0.2, -0.15) is 0 Å². The molecule has 0 N–H and O–H groups in total. The van der Waals surface area contributed by atoms with Crippen LogP contribution in [0, 0.1) is 23.0 Å². The molecule has 124 valence electrons. The predicted molar refractivity (Wildman–Crippen MR) is 91.9 cm³/mol. The van der Waals surface area contributed by atoms with Gasteiger partial charge in [0.2, 0.25) is 6.04 Å². The van der Waals surface area contributed by atoms with Crippen LogP contribution >= 0.6 is 0 Å². The summed E-state index contributed by atoms with van der Waals surface area (Å²) < 4.78 is 7.84. The molecule has 1 aromatic carbocycles. The molecule has 1 aliphatic rings. The summed E-state index contributed by atoms with van der Waals surface area (Å²) in [6, 6.07) is 9.20. The Hall–Kier alpha value is -2.56.